The summed E-state index contributed by atoms with van der Waals surface area (Å²) in [6.07, 6.45) is 12.2. The Labute approximate surface area is 256 Å². The number of benzene rings is 2. The molecule has 0 bridgehead atoms. The summed E-state index contributed by atoms with van der Waals surface area (Å²) < 4.78 is 12.4. The van der Waals surface area contributed by atoms with E-state index >= 15 is 0 Å². The molecule has 2 unspecified atom stereocenters. The molecule has 2 aliphatic heterocycles. The summed E-state index contributed by atoms with van der Waals surface area (Å²) >= 11 is 0. The molecule has 0 fully saturated rings. The van der Waals surface area contributed by atoms with E-state index in [0.717, 1.165) is 52.3 Å². The van der Waals surface area contributed by atoms with E-state index in [0.29, 0.717) is 18.2 Å². The van der Waals surface area contributed by atoms with Crippen LogP contribution < -0.4 is 10.2 Å². The van der Waals surface area contributed by atoms with E-state index in [1.54, 1.807) is 25.3 Å². The summed E-state index contributed by atoms with van der Waals surface area (Å²) in [5.41, 5.74) is 7.60. The molecule has 9 nitrogen and oxygen atoms in total. The lowest BCUT2D eigenvalue weighted by Crippen LogP contribution is -2.40. The summed E-state index contributed by atoms with van der Waals surface area (Å²) in [7, 11) is 4.45. The van der Waals surface area contributed by atoms with E-state index in [-0.39, 0.29) is 11.9 Å². The van der Waals surface area contributed by atoms with Crippen LogP contribution in [-0.4, -0.2) is 83.3 Å². The first-order valence-corrected chi connectivity index (χ1v) is 15.9. The molecule has 2 aliphatic rings. The van der Waals surface area contributed by atoms with Gasteiger partial charge in [0.05, 0.1) is 27.9 Å². The van der Waals surface area contributed by atoms with Crippen molar-refractivity contribution in [1.82, 2.24) is 19.8 Å². The van der Waals surface area contributed by atoms with Crippen molar-refractivity contribution in [2.45, 2.75) is 31.2 Å². The van der Waals surface area contributed by atoms with Gasteiger partial charge in [0, 0.05) is 75.4 Å². The molecule has 0 aliphatic carbocycles. The van der Waals surface area contributed by atoms with Crippen LogP contribution in [0.2, 0.25) is 0 Å². The third-order valence-corrected chi connectivity index (χ3v) is 8.75. The zero-order valence-electron chi connectivity index (χ0n) is 25.7. The molecule has 5 rings (SSSR count). The quantitative estimate of drug-likeness (QED) is 0.390. The number of hydrogen-bond acceptors (Lipinski definition) is 8. The smallest absolute Gasteiger partial charge is 0.253 e. The van der Waals surface area contributed by atoms with Crippen LogP contribution >= 0.6 is 0 Å². The molecular weight excluding hydrogens is 558 g/mol. The van der Waals surface area contributed by atoms with Crippen molar-refractivity contribution in [2.24, 2.45) is 4.99 Å². The molecule has 224 valence electrons. The highest BCUT2D eigenvalue weighted by Gasteiger charge is 2.24. The Balaban J connectivity index is 1.44. The predicted molar refractivity (Wildman–Crippen MR) is 176 cm³/mol. The highest BCUT2D eigenvalue weighted by Crippen LogP contribution is 2.31. The van der Waals surface area contributed by atoms with E-state index in [4.69, 9.17) is 0 Å². The number of para-hydroxylation sites is 1. The Morgan fingerprint density at radius 1 is 1.14 bits per heavy atom. The number of nitrogens with zero attached hydrogens (tertiary/aromatic N) is 6. The molecule has 3 heterocycles. The van der Waals surface area contributed by atoms with Crippen molar-refractivity contribution >= 4 is 46.7 Å². The standard InChI is InChI=1S/C33H39N7O2S/c1-22-15-27(23(2)37-29-9-7-8-10-31(29)43(6)42)26(28(16-22)32(41)38(3)4)12-11-24-17-35-33(36-18-24)40-14-13-25-19-34-21-39(5)30(25)20-40/h7-12,15-19,23,37H,13-14,20-21H2,1-6H3/b12-11+. The molecule has 0 saturated heterocycles. The number of aliphatic imine (C=N–C) groups is 1. The molecule has 2 aromatic carbocycles. The zero-order valence-corrected chi connectivity index (χ0v) is 26.5. The number of amides is 1. The van der Waals surface area contributed by atoms with Gasteiger partial charge in [-0.2, -0.15) is 0 Å². The minimum atomic E-state index is -1.14. The van der Waals surface area contributed by atoms with E-state index < -0.39 is 10.8 Å². The van der Waals surface area contributed by atoms with Gasteiger partial charge >= 0.3 is 0 Å². The number of carbonyl (C=O) groups excluding carboxylic acids is 1. The molecule has 2 atom stereocenters. The molecular formula is C33H39N7O2S. The van der Waals surface area contributed by atoms with Crippen molar-refractivity contribution in [3.8, 4) is 0 Å². The Morgan fingerprint density at radius 2 is 1.88 bits per heavy atom. The maximum Gasteiger partial charge on any atom is 0.253 e. The average molecular weight is 598 g/mol. The number of hydrogen-bond donors (Lipinski definition) is 1. The van der Waals surface area contributed by atoms with E-state index in [9.17, 15) is 9.00 Å². The first kappa shape index (κ1) is 30.2. The Hall–Kier alpha value is -4.31. The molecule has 3 aromatic rings. The van der Waals surface area contributed by atoms with Gasteiger partial charge in [-0.05, 0) is 60.7 Å². The Morgan fingerprint density at radius 3 is 2.60 bits per heavy atom. The minimum Gasteiger partial charge on any atom is -0.378 e. The summed E-state index contributed by atoms with van der Waals surface area (Å²) in [5, 5.41) is 3.54. The van der Waals surface area contributed by atoms with Crippen LogP contribution in [0.5, 0.6) is 0 Å². The fourth-order valence-corrected chi connectivity index (χ4v) is 6.20. The number of likely N-dealkylation sites (N-methyl/N-ethyl adjacent to an activating group) is 1. The summed E-state index contributed by atoms with van der Waals surface area (Å²) in [6.45, 7) is 6.33. The molecule has 10 heteroatoms. The van der Waals surface area contributed by atoms with E-state index in [2.05, 4.69) is 50.1 Å². The third kappa shape index (κ3) is 6.69. The maximum absolute atomic E-state index is 13.3. The highest BCUT2D eigenvalue weighted by atomic mass is 32.2. The number of carbonyl (C=O) groups is 1. The van der Waals surface area contributed by atoms with Gasteiger partial charge in [-0.25, -0.2) is 9.97 Å². The predicted octanol–water partition coefficient (Wildman–Crippen LogP) is 5.01. The zero-order chi connectivity index (χ0) is 30.7. The first-order valence-electron chi connectivity index (χ1n) is 14.4. The van der Waals surface area contributed by atoms with Crippen LogP contribution in [0, 0.1) is 6.92 Å². The fourth-order valence-electron chi connectivity index (χ4n) is 5.49. The van der Waals surface area contributed by atoms with Crippen LogP contribution in [0.25, 0.3) is 12.2 Å². The summed E-state index contributed by atoms with van der Waals surface area (Å²) in [4.78, 5) is 33.8. The van der Waals surface area contributed by atoms with Gasteiger partial charge in [0.2, 0.25) is 5.95 Å². The lowest BCUT2D eigenvalue weighted by Gasteiger charge is -2.35. The van der Waals surface area contributed by atoms with Crippen LogP contribution in [0.4, 0.5) is 11.6 Å². The number of aryl methyl sites for hydroxylation is 1. The second kappa shape index (κ2) is 12.9. The van der Waals surface area contributed by atoms with Crippen molar-refractivity contribution < 1.29 is 9.00 Å². The van der Waals surface area contributed by atoms with Gasteiger partial charge in [0.1, 0.15) is 6.67 Å². The van der Waals surface area contributed by atoms with E-state index in [1.165, 1.54) is 11.3 Å². The average Bonchev–Trinajstić information content (AvgIpc) is 3.00. The topological polar surface area (TPSA) is 94.0 Å². The summed E-state index contributed by atoms with van der Waals surface area (Å²) in [6, 6.07) is 11.5. The van der Waals surface area contributed by atoms with Crippen molar-refractivity contribution in [3.63, 3.8) is 0 Å². The molecule has 0 spiro atoms. The minimum absolute atomic E-state index is 0.0741. The molecule has 1 amide bonds. The number of nitrogens with one attached hydrogen (secondary N) is 1. The largest absolute Gasteiger partial charge is 0.378 e. The van der Waals surface area contributed by atoms with Crippen LogP contribution in [0.15, 0.2) is 69.9 Å². The SMILES string of the molecule is Cc1cc(C(=O)N(C)C)c(/C=C/c2cnc(N3CCC4=C(C3)N(C)CN=C4)nc2)c(C(C)Nc2ccccc2S(C)=O)c1. The normalized spacial score (nSPS) is 16.3. The highest BCUT2D eigenvalue weighted by molar-refractivity contribution is 7.84. The molecule has 0 radical (unpaired) electrons. The van der Waals surface area contributed by atoms with Gasteiger partial charge in [-0.3, -0.25) is 14.0 Å². The van der Waals surface area contributed by atoms with Crippen LogP contribution in [-0.2, 0) is 10.8 Å². The van der Waals surface area contributed by atoms with Gasteiger partial charge in [-0.15, -0.1) is 0 Å². The molecule has 43 heavy (non-hydrogen) atoms. The lowest BCUT2D eigenvalue weighted by molar-refractivity contribution is 0.0827. The van der Waals surface area contributed by atoms with Crippen LogP contribution in [0.1, 0.15) is 52.0 Å². The number of rotatable bonds is 8. The Kier molecular flexibility index (Phi) is 9.05. The molecule has 1 aromatic heterocycles. The van der Waals surface area contributed by atoms with Gasteiger partial charge in [0.15, 0.2) is 0 Å². The monoisotopic (exact) mass is 597 g/mol. The lowest BCUT2D eigenvalue weighted by atomic mass is 9.92. The second-order valence-corrected chi connectivity index (χ2v) is 12.6. The van der Waals surface area contributed by atoms with Gasteiger partial charge < -0.3 is 20.0 Å². The van der Waals surface area contributed by atoms with Crippen molar-refractivity contribution in [2.75, 3.05) is 57.4 Å². The number of aromatic nitrogens is 2. The first-order chi connectivity index (χ1) is 20.6. The third-order valence-electron chi connectivity index (χ3n) is 7.78. The number of anilines is 2. The Bertz CT molecular complexity index is 1630. The van der Waals surface area contributed by atoms with E-state index in [1.807, 2.05) is 68.0 Å². The second-order valence-electron chi connectivity index (χ2n) is 11.3. The molecule has 1 N–H and O–H groups in total. The van der Waals surface area contributed by atoms with Crippen molar-refractivity contribution in [1.29, 1.82) is 0 Å². The fraction of sp³-hybridized carbons (Fsp3) is 0.333. The summed E-state index contributed by atoms with van der Waals surface area (Å²) in [5.74, 6) is 0.624. The van der Waals surface area contributed by atoms with Gasteiger partial charge in [0.25, 0.3) is 5.91 Å². The van der Waals surface area contributed by atoms with Crippen LogP contribution in [0.3, 0.4) is 0 Å². The molecule has 0 saturated carbocycles. The van der Waals surface area contributed by atoms with Crippen molar-refractivity contribution in [3.05, 3.63) is 87.9 Å². The van der Waals surface area contributed by atoms with Gasteiger partial charge in [-0.1, -0.05) is 30.4 Å². The maximum atomic E-state index is 13.3.